The molecule has 1 aliphatic rings. The lowest BCUT2D eigenvalue weighted by atomic mass is 9.94. The fourth-order valence-corrected chi connectivity index (χ4v) is 4.71. The fourth-order valence-electron chi connectivity index (χ4n) is 4.48. The molecular formula is C25H14ClF7N4O2. The summed E-state index contributed by atoms with van der Waals surface area (Å²) in [6.45, 7) is -0.866. The van der Waals surface area contributed by atoms with Crippen molar-refractivity contribution in [3.05, 3.63) is 93.1 Å². The molecule has 202 valence electrons. The first-order chi connectivity index (χ1) is 18.3. The van der Waals surface area contributed by atoms with E-state index >= 15 is 0 Å². The van der Waals surface area contributed by atoms with E-state index in [2.05, 4.69) is 15.7 Å². The Balaban J connectivity index is 1.70. The number of rotatable bonds is 5. The molecular weight excluding hydrogens is 557 g/mol. The molecule has 0 aliphatic carbocycles. The molecule has 1 aliphatic heterocycles. The van der Waals surface area contributed by atoms with Gasteiger partial charge in [0, 0.05) is 32.8 Å². The molecule has 2 amide bonds. The highest BCUT2D eigenvalue weighted by atomic mass is 35.5. The van der Waals surface area contributed by atoms with Gasteiger partial charge in [-0.3, -0.25) is 14.3 Å². The number of hydrogen-bond acceptors (Lipinski definition) is 3. The second kappa shape index (κ2) is 9.56. The van der Waals surface area contributed by atoms with Crippen LogP contribution in [0.15, 0.2) is 48.7 Å². The minimum atomic E-state index is -4.95. The van der Waals surface area contributed by atoms with Gasteiger partial charge in [0.2, 0.25) is 0 Å². The number of nitrogens with one attached hydrogen (secondary N) is 2. The molecule has 1 atom stereocenters. The van der Waals surface area contributed by atoms with Crippen molar-refractivity contribution in [1.82, 2.24) is 15.1 Å². The third-order valence-electron chi connectivity index (χ3n) is 6.10. The second-order valence-corrected chi connectivity index (χ2v) is 9.02. The van der Waals surface area contributed by atoms with Crippen molar-refractivity contribution in [2.24, 2.45) is 0 Å². The summed E-state index contributed by atoms with van der Waals surface area (Å²) in [6, 6.07) is 4.63. The highest BCUT2D eigenvalue weighted by Gasteiger charge is 2.37. The molecule has 0 saturated heterocycles. The van der Waals surface area contributed by atoms with Crippen molar-refractivity contribution in [3.8, 4) is 0 Å². The number of anilines is 1. The Morgan fingerprint density at radius 1 is 1.10 bits per heavy atom. The number of halogens is 8. The van der Waals surface area contributed by atoms with Crippen LogP contribution in [0.4, 0.5) is 36.4 Å². The largest absolute Gasteiger partial charge is 0.416 e. The van der Waals surface area contributed by atoms with Crippen molar-refractivity contribution in [2.75, 3.05) is 5.32 Å². The van der Waals surface area contributed by atoms with Gasteiger partial charge in [0.1, 0.15) is 18.2 Å². The van der Waals surface area contributed by atoms with E-state index in [-0.39, 0.29) is 44.4 Å². The van der Waals surface area contributed by atoms with E-state index in [1.165, 1.54) is 18.3 Å². The Morgan fingerprint density at radius 2 is 1.85 bits per heavy atom. The highest BCUT2D eigenvalue weighted by Crippen LogP contribution is 2.43. The minimum Gasteiger partial charge on any atom is -0.341 e. The number of carbonyl (C=O) groups is 2. The number of alkyl halides is 5. The summed E-state index contributed by atoms with van der Waals surface area (Å²) in [5, 5.41) is 9.01. The van der Waals surface area contributed by atoms with Crippen molar-refractivity contribution < 1.29 is 40.3 Å². The fraction of sp³-hybridized carbons (Fsp3) is 0.160. The summed E-state index contributed by atoms with van der Waals surface area (Å²) < 4.78 is 94.9. The summed E-state index contributed by atoms with van der Waals surface area (Å²) in [5.41, 5.74) is -2.27. The SMILES string of the molecule is O=C(Nc1cc2c(cnn2CC(F)F)c2c1[C@H](c1cc(F)ccc1Cl)NC2=O)c1cc(F)cc(C(F)(F)F)c1. The zero-order valence-corrected chi connectivity index (χ0v) is 20.0. The van der Waals surface area contributed by atoms with Gasteiger partial charge in [-0.1, -0.05) is 11.6 Å². The highest BCUT2D eigenvalue weighted by molar-refractivity contribution is 6.31. The average Bonchev–Trinajstić information content (AvgIpc) is 3.40. The van der Waals surface area contributed by atoms with Gasteiger partial charge >= 0.3 is 6.18 Å². The number of aromatic nitrogens is 2. The smallest absolute Gasteiger partial charge is 0.341 e. The van der Waals surface area contributed by atoms with E-state index < -0.39 is 59.8 Å². The average molecular weight is 571 g/mol. The van der Waals surface area contributed by atoms with E-state index in [1.807, 2.05) is 0 Å². The molecule has 1 aromatic heterocycles. The van der Waals surface area contributed by atoms with Crippen molar-refractivity contribution in [1.29, 1.82) is 0 Å². The molecule has 0 radical (unpaired) electrons. The van der Waals surface area contributed by atoms with E-state index in [0.29, 0.717) is 12.1 Å². The predicted molar refractivity (Wildman–Crippen MR) is 126 cm³/mol. The number of benzene rings is 3. The first kappa shape index (κ1) is 26.5. The quantitative estimate of drug-likeness (QED) is 0.275. The van der Waals surface area contributed by atoms with Gasteiger partial charge in [0.15, 0.2) is 0 Å². The molecule has 4 aromatic rings. The van der Waals surface area contributed by atoms with Gasteiger partial charge < -0.3 is 10.6 Å². The lowest BCUT2D eigenvalue weighted by molar-refractivity contribution is -0.137. The Hall–Kier alpha value is -4.13. The predicted octanol–water partition coefficient (Wildman–Crippen LogP) is 6.34. The lowest BCUT2D eigenvalue weighted by Gasteiger charge is -2.19. The number of fused-ring (bicyclic) bond motifs is 3. The van der Waals surface area contributed by atoms with Gasteiger partial charge in [-0.25, -0.2) is 17.6 Å². The molecule has 39 heavy (non-hydrogen) atoms. The molecule has 6 nitrogen and oxygen atoms in total. The van der Waals surface area contributed by atoms with Crippen LogP contribution in [0.3, 0.4) is 0 Å². The van der Waals surface area contributed by atoms with Gasteiger partial charge in [0.05, 0.1) is 28.9 Å². The maximum atomic E-state index is 14.1. The van der Waals surface area contributed by atoms with E-state index in [1.54, 1.807) is 0 Å². The standard InChI is InChI=1S/C25H14ClF7N4O2/c26-16-2-1-12(27)6-14(16)22-21-17(35-23(38)10-3-11(25(31,32)33)5-13(28)4-10)7-18-15(20(21)24(39)36-22)8-34-37(18)9-19(29)30/h1-8,19,22H,9H2,(H,35,38)(H,36,39)/t22-/m0/s1. The number of hydrogen-bond donors (Lipinski definition) is 2. The molecule has 0 bridgehead atoms. The minimum absolute atomic E-state index is 0.000659. The van der Waals surface area contributed by atoms with Crippen LogP contribution in [0.2, 0.25) is 5.02 Å². The second-order valence-electron chi connectivity index (χ2n) is 8.62. The Morgan fingerprint density at radius 3 is 2.54 bits per heavy atom. The summed E-state index contributed by atoms with van der Waals surface area (Å²) in [7, 11) is 0. The van der Waals surface area contributed by atoms with Crippen LogP contribution in [-0.2, 0) is 12.7 Å². The number of amides is 2. The Kier molecular flexibility index (Phi) is 6.49. The van der Waals surface area contributed by atoms with Crippen molar-refractivity contribution >= 4 is 40.0 Å². The topological polar surface area (TPSA) is 76.0 Å². The van der Waals surface area contributed by atoms with E-state index in [9.17, 15) is 40.3 Å². The van der Waals surface area contributed by atoms with E-state index in [0.717, 1.165) is 16.8 Å². The van der Waals surface area contributed by atoms with Crippen LogP contribution < -0.4 is 10.6 Å². The Labute approximate surface area is 219 Å². The third-order valence-corrected chi connectivity index (χ3v) is 6.44. The molecule has 5 rings (SSSR count). The maximum absolute atomic E-state index is 14.1. The summed E-state index contributed by atoms with van der Waals surface area (Å²) in [4.78, 5) is 26.1. The van der Waals surface area contributed by atoms with Crippen LogP contribution in [0.5, 0.6) is 0 Å². The van der Waals surface area contributed by atoms with Crippen molar-refractivity contribution in [2.45, 2.75) is 25.2 Å². The molecule has 0 spiro atoms. The molecule has 0 saturated carbocycles. The molecule has 3 aromatic carbocycles. The van der Waals surface area contributed by atoms with Crippen LogP contribution in [-0.4, -0.2) is 28.0 Å². The normalized spacial score (nSPS) is 15.1. The van der Waals surface area contributed by atoms with Crippen molar-refractivity contribution in [3.63, 3.8) is 0 Å². The Bertz CT molecular complexity index is 1650. The molecule has 2 heterocycles. The monoisotopic (exact) mass is 570 g/mol. The van der Waals surface area contributed by atoms with E-state index in [4.69, 9.17) is 11.6 Å². The summed E-state index contributed by atoms with van der Waals surface area (Å²) >= 11 is 6.25. The molecule has 0 fully saturated rings. The summed E-state index contributed by atoms with van der Waals surface area (Å²) in [6.07, 6.45) is -6.62. The van der Waals surface area contributed by atoms with Crippen LogP contribution in [0.1, 0.15) is 43.4 Å². The number of carbonyl (C=O) groups excluding carboxylic acids is 2. The first-order valence-electron chi connectivity index (χ1n) is 11.1. The zero-order valence-electron chi connectivity index (χ0n) is 19.2. The lowest BCUT2D eigenvalue weighted by Crippen LogP contribution is -2.21. The van der Waals surface area contributed by atoms with Gasteiger partial charge in [0.25, 0.3) is 18.2 Å². The van der Waals surface area contributed by atoms with Gasteiger partial charge in [-0.2, -0.15) is 18.3 Å². The number of nitrogens with zero attached hydrogens (tertiary/aromatic N) is 2. The zero-order chi connectivity index (χ0) is 28.2. The molecule has 0 unspecified atom stereocenters. The van der Waals surface area contributed by atoms with Crippen LogP contribution >= 0.6 is 11.6 Å². The first-order valence-corrected chi connectivity index (χ1v) is 11.5. The third kappa shape index (κ3) is 4.89. The molecule has 14 heteroatoms. The summed E-state index contributed by atoms with van der Waals surface area (Å²) in [5.74, 6) is -3.94. The van der Waals surface area contributed by atoms with Gasteiger partial charge in [-0.05, 0) is 42.5 Å². The van der Waals surface area contributed by atoms with Crippen LogP contribution in [0, 0.1) is 11.6 Å². The van der Waals surface area contributed by atoms with Gasteiger partial charge in [-0.15, -0.1) is 0 Å². The molecule has 2 N–H and O–H groups in total. The van der Waals surface area contributed by atoms with Crippen LogP contribution in [0.25, 0.3) is 10.9 Å². The maximum Gasteiger partial charge on any atom is 0.416 e.